The lowest BCUT2D eigenvalue weighted by molar-refractivity contribution is -0.123. The molecule has 0 spiro atoms. The van der Waals surface area contributed by atoms with Crippen molar-refractivity contribution in [1.29, 1.82) is 5.26 Å². The number of anilines is 4. The third-order valence-corrected chi connectivity index (χ3v) is 4.93. The highest BCUT2D eigenvalue weighted by molar-refractivity contribution is 6.02. The largest absolute Gasteiger partial charge is 0.399 e. The third kappa shape index (κ3) is 3.77. The Morgan fingerprint density at radius 2 is 1.85 bits per heavy atom. The zero-order valence-electron chi connectivity index (χ0n) is 14.5. The van der Waals surface area contributed by atoms with Gasteiger partial charge >= 0.3 is 0 Å². The lowest BCUT2D eigenvalue weighted by atomic mass is 9.83. The molecule has 3 heterocycles. The van der Waals surface area contributed by atoms with Gasteiger partial charge in [-0.2, -0.15) is 5.26 Å². The van der Waals surface area contributed by atoms with Gasteiger partial charge in [0.1, 0.15) is 17.1 Å². The van der Waals surface area contributed by atoms with Crippen LogP contribution in [0.4, 0.5) is 23.0 Å². The molecule has 0 aromatic carbocycles. The molecular weight excluding hydrogens is 387 g/mol. The minimum Gasteiger partial charge on any atom is -0.399 e. The second kappa shape index (κ2) is 7.99. The molecule has 0 unspecified atom stereocenters. The van der Waals surface area contributed by atoms with E-state index in [9.17, 15) is 10.1 Å². The van der Waals surface area contributed by atoms with Crippen LogP contribution < -0.4 is 16.0 Å². The molecule has 2 aromatic rings. The lowest BCUT2D eigenvalue weighted by Crippen LogP contribution is -2.35. The summed E-state index contributed by atoms with van der Waals surface area (Å²) in [6.07, 6.45) is 5.78. The molecule has 0 radical (unpaired) electrons. The molecule has 3 N–H and O–H groups in total. The van der Waals surface area contributed by atoms with Gasteiger partial charge in [0.25, 0.3) is 0 Å². The number of hydrogen-bond acceptors (Lipinski definition) is 6. The molecule has 1 aliphatic carbocycles. The van der Waals surface area contributed by atoms with Crippen LogP contribution in [-0.4, -0.2) is 22.4 Å². The molecule has 2 fully saturated rings. The van der Waals surface area contributed by atoms with E-state index in [1.54, 1.807) is 41.6 Å². The Bertz CT molecular complexity index is 882. The summed E-state index contributed by atoms with van der Waals surface area (Å²) in [4.78, 5) is 23.0. The van der Waals surface area contributed by atoms with Crippen molar-refractivity contribution >= 4 is 53.7 Å². The highest BCUT2D eigenvalue weighted by Crippen LogP contribution is 2.51. The molecule has 2 aromatic heterocycles. The van der Waals surface area contributed by atoms with E-state index in [1.807, 2.05) is 0 Å². The van der Waals surface area contributed by atoms with Crippen LogP contribution in [0.2, 0.25) is 0 Å². The molecule has 9 heteroatoms. The minimum absolute atomic E-state index is 0. The Kier molecular flexibility index (Phi) is 6.14. The second-order valence-corrected chi connectivity index (χ2v) is 6.56. The van der Waals surface area contributed by atoms with Gasteiger partial charge in [0, 0.05) is 42.4 Å². The summed E-state index contributed by atoms with van der Waals surface area (Å²) in [6.45, 7) is 0.558. The number of nitrogens with zero attached hydrogens (tertiary/aromatic N) is 4. The number of nitrogens with one attached hydrogen (secondary N) is 1. The number of carbonyl (C=O) groups is 1. The van der Waals surface area contributed by atoms with E-state index in [2.05, 4.69) is 21.4 Å². The van der Waals surface area contributed by atoms with Crippen molar-refractivity contribution in [3.05, 3.63) is 36.7 Å². The van der Waals surface area contributed by atoms with Crippen LogP contribution in [0.15, 0.2) is 36.7 Å². The normalized spacial score (nSPS) is 21.0. The van der Waals surface area contributed by atoms with Gasteiger partial charge in [-0.05, 0) is 37.3 Å². The number of nitrogen functional groups attached to an aromatic ring is 1. The first kappa shape index (κ1) is 20.7. The van der Waals surface area contributed by atoms with Crippen LogP contribution in [-0.2, 0) is 4.79 Å². The highest BCUT2D eigenvalue weighted by Gasteiger charge is 2.56. The molecular formula is C18H20Cl2N6O. The van der Waals surface area contributed by atoms with Gasteiger partial charge in [-0.15, -0.1) is 24.8 Å². The molecule has 1 amide bonds. The average molecular weight is 407 g/mol. The molecule has 4 rings (SSSR count). The molecule has 1 saturated heterocycles. The standard InChI is InChI=1S/C18H18N6O.2ClH/c19-11-18(12-1-2-12)5-8-24(17(18)25)14-4-7-22-16(10-14)23-15-9-13(20)3-6-21-15;;/h3-4,6-7,9-10,12H,1-2,5,8H2,(H3,20,21,22,23);2*1H/t18-;;/m1../s1. The number of nitriles is 1. The Balaban J connectivity index is 0.00000131. The Morgan fingerprint density at radius 1 is 1.19 bits per heavy atom. The number of aromatic nitrogens is 2. The first-order chi connectivity index (χ1) is 12.1. The van der Waals surface area contributed by atoms with Crippen molar-refractivity contribution in [3.63, 3.8) is 0 Å². The monoisotopic (exact) mass is 406 g/mol. The molecule has 0 bridgehead atoms. The molecule has 1 saturated carbocycles. The molecule has 1 aliphatic heterocycles. The number of carbonyl (C=O) groups excluding carboxylic acids is 1. The van der Waals surface area contributed by atoms with Gasteiger partial charge in [-0.1, -0.05) is 0 Å². The first-order valence-corrected chi connectivity index (χ1v) is 8.30. The topological polar surface area (TPSA) is 108 Å². The van der Waals surface area contributed by atoms with E-state index < -0.39 is 5.41 Å². The highest BCUT2D eigenvalue weighted by atomic mass is 35.5. The van der Waals surface area contributed by atoms with Gasteiger partial charge in [-0.25, -0.2) is 9.97 Å². The predicted molar refractivity (Wildman–Crippen MR) is 108 cm³/mol. The van der Waals surface area contributed by atoms with E-state index in [4.69, 9.17) is 5.73 Å². The van der Waals surface area contributed by atoms with Crippen LogP contribution in [0.1, 0.15) is 19.3 Å². The average Bonchev–Trinajstić information content (AvgIpc) is 3.40. The van der Waals surface area contributed by atoms with Crippen molar-refractivity contribution in [2.24, 2.45) is 11.3 Å². The smallest absolute Gasteiger partial charge is 0.247 e. The Morgan fingerprint density at radius 3 is 2.48 bits per heavy atom. The van der Waals surface area contributed by atoms with Crippen molar-refractivity contribution in [3.8, 4) is 6.07 Å². The molecule has 2 aliphatic rings. The van der Waals surface area contributed by atoms with Gasteiger partial charge in [-0.3, -0.25) is 4.79 Å². The van der Waals surface area contributed by atoms with Crippen LogP contribution in [0.25, 0.3) is 0 Å². The van der Waals surface area contributed by atoms with Crippen LogP contribution in [0.3, 0.4) is 0 Å². The molecule has 1 atom stereocenters. The van der Waals surface area contributed by atoms with Crippen LogP contribution >= 0.6 is 24.8 Å². The fraction of sp³-hybridized carbons (Fsp3) is 0.333. The molecule has 7 nitrogen and oxygen atoms in total. The van der Waals surface area contributed by atoms with E-state index in [0.29, 0.717) is 30.3 Å². The fourth-order valence-electron chi connectivity index (χ4n) is 3.44. The SMILES string of the molecule is Cl.Cl.N#C[C@@]1(C2CC2)CCN(c2ccnc(Nc3cc(N)ccn3)c2)C1=O. The molecule has 27 heavy (non-hydrogen) atoms. The lowest BCUT2D eigenvalue weighted by Gasteiger charge is -2.21. The maximum absolute atomic E-state index is 12.9. The summed E-state index contributed by atoms with van der Waals surface area (Å²) in [5, 5.41) is 12.7. The maximum Gasteiger partial charge on any atom is 0.247 e. The van der Waals surface area contributed by atoms with Crippen LogP contribution in [0.5, 0.6) is 0 Å². The van der Waals surface area contributed by atoms with Crippen LogP contribution in [0, 0.1) is 22.7 Å². The number of amides is 1. The predicted octanol–water partition coefficient (Wildman–Crippen LogP) is 3.30. The summed E-state index contributed by atoms with van der Waals surface area (Å²) in [5.74, 6) is 1.29. The summed E-state index contributed by atoms with van der Waals surface area (Å²) in [5.41, 5.74) is 6.26. The van der Waals surface area contributed by atoms with Crippen molar-refractivity contribution in [2.75, 3.05) is 22.5 Å². The number of nitrogens with two attached hydrogens (primary N) is 1. The third-order valence-electron chi connectivity index (χ3n) is 4.93. The molecule has 142 valence electrons. The summed E-state index contributed by atoms with van der Waals surface area (Å²) >= 11 is 0. The number of hydrogen-bond donors (Lipinski definition) is 2. The second-order valence-electron chi connectivity index (χ2n) is 6.56. The number of halogens is 2. The maximum atomic E-state index is 12.9. The van der Waals surface area contributed by atoms with Crippen molar-refractivity contribution in [1.82, 2.24) is 9.97 Å². The van der Waals surface area contributed by atoms with Gasteiger partial charge in [0.05, 0.1) is 6.07 Å². The quantitative estimate of drug-likeness (QED) is 0.805. The van der Waals surface area contributed by atoms with E-state index in [1.165, 1.54) is 0 Å². The Hall–Kier alpha value is -2.56. The van der Waals surface area contributed by atoms with Crippen molar-refractivity contribution < 1.29 is 4.79 Å². The fourth-order valence-corrected chi connectivity index (χ4v) is 3.44. The minimum atomic E-state index is -0.841. The van der Waals surface area contributed by atoms with Gasteiger partial charge in [0.2, 0.25) is 5.91 Å². The zero-order valence-corrected chi connectivity index (χ0v) is 16.1. The van der Waals surface area contributed by atoms with E-state index in [-0.39, 0.29) is 36.6 Å². The Labute approximate surface area is 169 Å². The van der Waals surface area contributed by atoms with Gasteiger partial charge in [0.15, 0.2) is 0 Å². The number of pyridine rings is 2. The zero-order chi connectivity index (χ0) is 17.4. The first-order valence-electron chi connectivity index (χ1n) is 8.30. The summed E-state index contributed by atoms with van der Waals surface area (Å²) in [7, 11) is 0. The summed E-state index contributed by atoms with van der Waals surface area (Å²) < 4.78 is 0. The van der Waals surface area contributed by atoms with Crippen molar-refractivity contribution in [2.45, 2.75) is 19.3 Å². The summed E-state index contributed by atoms with van der Waals surface area (Å²) in [6, 6.07) is 9.30. The van der Waals surface area contributed by atoms with E-state index in [0.717, 1.165) is 18.5 Å². The van der Waals surface area contributed by atoms with Gasteiger partial charge < -0.3 is 16.0 Å². The number of rotatable bonds is 4. The van der Waals surface area contributed by atoms with E-state index >= 15 is 0 Å².